The zero-order valence-electron chi connectivity index (χ0n) is 13.9. The van der Waals surface area contributed by atoms with E-state index in [1.807, 2.05) is 31.2 Å². The van der Waals surface area contributed by atoms with E-state index < -0.39 is 0 Å². The molecular formula is C18H21Cl3NO3-. The van der Waals surface area contributed by atoms with Crippen LogP contribution in [0.4, 0.5) is 0 Å². The van der Waals surface area contributed by atoms with Crippen LogP contribution in [-0.2, 0) is 13.2 Å². The molecule has 0 saturated heterocycles. The number of hydrogen-bond donors (Lipinski definition) is 2. The van der Waals surface area contributed by atoms with Gasteiger partial charge < -0.3 is 32.3 Å². The highest BCUT2D eigenvalue weighted by molar-refractivity contribution is 6.35. The molecule has 2 rings (SSSR count). The van der Waals surface area contributed by atoms with Crippen molar-refractivity contribution < 1.29 is 27.0 Å². The van der Waals surface area contributed by atoms with Gasteiger partial charge >= 0.3 is 0 Å². The monoisotopic (exact) mass is 404 g/mol. The molecule has 0 aromatic heterocycles. The second kappa shape index (κ2) is 11.4. The van der Waals surface area contributed by atoms with E-state index in [1.54, 1.807) is 12.1 Å². The lowest BCUT2D eigenvalue weighted by atomic mass is 10.1. The molecule has 2 aromatic rings. The SMILES string of the molecule is CCOc1cccc(CNCCO)c1OCc1ccc(Cl)cc1Cl.[Cl-]. The van der Waals surface area contributed by atoms with Crippen molar-refractivity contribution in [2.24, 2.45) is 0 Å². The molecule has 25 heavy (non-hydrogen) atoms. The molecule has 138 valence electrons. The third-order valence-corrected chi connectivity index (χ3v) is 3.94. The first-order chi connectivity index (χ1) is 11.7. The van der Waals surface area contributed by atoms with Crippen LogP contribution in [0.25, 0.3) is 0 Å². The quantitative estimate of drug-likeness (QED) is 0.613. The molecule has 2 N–H and O–H groups in total. The van der Waals surface area contributed by atoms with Gasteiger partial charge in [-0.25, -0.2) is 0 Å². The summed E-state index contributed by atoms with van der Waals surface area (Å²) in [5, 5.41) is 13.2. The summed E-state index contributed by atoms with van der Waals surface area (Å²) in [5.74, 6) is 1.36. The van der Waals surface area contributed by atoms with Crippen molar-refractivity contribution in [3.05, 3.63) is 57.6 Å². The predicted octanol–water partition coefficient (Wildman–Crippen LogP) is 1.06. The summed E-state index contributed by atoms with van der Waals surface area (Å²) >= 11 is 12.1. The van der Waals surface area contributed by atoms with Gasteiger partial charge in [0, 0.05) is 34.3 Å². The Bertz CT molecular complexity index is 668. The van der Waals surface area contributed by atoms with Crippen molar-refractivity contribution in [3.8, 4) is 11.5 Å². The minimum absolute atomic E-state index is 0. The van der Waals surface area contributed by atoms with E-state index in [9.17, 15) is 0 Å². The molecule has 0 bridgehead atoms. The van der Waals surface area contributed by atoms with Gasteiger partial charge in [0.25, 0.3) is 0 Å². The molecule has 2 aromatic carbocycles. The van der Waals surface area contributed by atoms with Crippen molar-refractivity contribution in [1.82, 2.24) is 5.32 Å². The van der Waals surface area contributed by atoms with Gasteiger partial charge in [-0.3, -0.25) is 0 Å². The molecule has 0 unspecified atom stereocenters. The van der Waals surface area contributed by atoms with E-state index in [4.69, 9.17) is 37.8 Å². The molecule has 7 heteroatoms. The lowest BCUT2D eigenvalue weighted by Gasteiger charge is -2.17. The van der Waals surface area contributed by atoms with E-state index >= 15 is 0 Å². The Balaban J connectivity index is 0.00000312. The molecule has 0 aliphatic carbocycles. The number of ether oxygens (including phenoxy) is 2. The zero-order valence-corrected chi connectivity index (χ0v) is 16.2. The Hall–Kier alpha value is -1.17. The maximum absolute atomic E-state index is 8.91. The molecule has 0 aliphatic rings. The molecular weight excluding hydrogens is 385 g/mol. The molecule has 4 nitrogen and oxygen atoms in total. The molecule has 0 aliphatic heterocycles. The third-order valence-electron chi connectivity index (χ3n) is 3.35. The van der Waals surface area contributed by atoms with Crippen LogP contribution in [-0.4, -0.2) is 24.9 Å². The Labute approximate surface area is 164 Å². The van der Waals surface area contributed by atoms with E-state index in [2.05, 4.69) is 5.32 Å². The van der Waals surface area contributed by atoms with Gasteiger partial charge in [-0.05, 0) is 25.1 Å². The number of nitrogens with one attached hydrogen (secondary N) is 1. The number of aliphatic hydroxyl groups excluding tert-OH is 1. The fourth-order valence-corrected chi connectivity index (χ4v) is 2.69. The predicted molar refractivity (Wildman–Crippen MR) is 97.2 cm³/mol. The second-order valence-corrected chi connectivity index (χ2v) is 5.95. The van der Waals surface area contributed by atoms with Gasteiger partial charge in [-0.2, -0.15) is 0 Å². The van der Waals surface area contributed by atoms with Gasteiger partial charge in [0.05, 0.1) is 13.2 Å². The summed E-state index contributed by atoms with van der Waals surface area (Å²) in [7, 11) is 0. The highest BCUT2D eigenvalue weighted by Crippen LogP contribution is 2.33. The number of rotatable bonds is 9. The number of aliphatic hydroxyl groups is 1. The highest BCUT2D eigenvalue weighted by atomic mass is 35.5. The standard InChI is InChI=1S/C18H21Cl2NO3.ClH/c1-2-23-17-5-3-4-13(11-21-8-9-22)18(17)24-12-14-6-7-15(19)10-16(14)20;/h3-7,10,21-22H,2,8-9,11-12H2,1H3;1H/p-1. The third kappa shape index (κ3) is 6.57. The number of halogens is 3. The Morgan fingerprint density at radius 2 is 1.88 bits per heavy atom. The summed E-state index contributed by atoms with van der Waals surface area (Å²) < 4.78 is 11.7. The number of hydrogen-bond acceptors (Lipinski definition) is 4. The van der Waals surface area contributed by atoms with Gasteiger partial charge in [-0.15, -0.1) is 0 Å². The smallest absolute Gasteiger partial charge is 0.166 e. The van der Waals surface area contributed by atoms with Crippen LogP contribution in [0.1, 0.15) is 18.1 Å². The zero-order chi connectivity index (χ0) is 17.4. The minimum Gasteiger partial charge on any atom is -1.00 e. The molecule has 0 fully saturated rings. The molecule has 0 amide bonds. The van der Waals surface area contributed by atoms with Crippen LogP contribution in [0.5, 0.6) is 11.5 Å². The number of benzene rings is 2. The van der Waals surface area contributed by atoms with Crippen LogP contribution in [0.15, 0.2) is 36.4 Å². The largest absolute Gasteiger partial charge is 1.00 e. The summed E-state index contributed by atoms with van der Waals surface area (Å²) in [6.45, 7) is 3.96. The van der Waals surface area contributed by atoms with E-state index in [0.29, 0.717) is 47.8 Å². The topological polar surface area (TPSA) is 50.7 Å². The molecule has 0 saturated carbocycles. The fourth-order valence-electron chi connectivity index (χ4n) is 2.22. The summed E-state index contributed by atoms with van der Waals surface area (Å²) in [6.07, 6.45) is 0. The van der Waals surface area contributed by atoms with E-state index in [1.165, 1.54) is 0 Å². The first-order valence-corrected chi connectivity index (χ1v) is 8.54. The molecule has 0 heterocycles. The average molecular weight is 406 g/mol. The number of para-hydroxylation sites is 1. The van der Waals surface area contributed by atoms with E-state index in [0.717, 1.165) is 11.1 Å². The normalized spacial score (nSPS) is 10.2. The van der Waals surface area contributed by atoms with Crippen molar-refractivity contribution in [2.75, 3.05) is 19.8 Å². The molecule has 0 radical (unpaired) electrons. The van der Waals surface area contributed by atoms with Gasteiger partial charge in [0.2, 0.25) is 0 Å². The van der Waals surface area contributed by atoms with Gasteiger partial charge in [0.15, 0.2) is 11.5 Å². The fraction of sp³-hybridized carbons (Fsp3) is 0.333. The van der Waals surface area contributed by atoms with Crippen LogP contribution in [0, 0.1) is 0 Å². The summed E-state index contributed by atoms with van der Waals surface area (Å²) in [6, 6.07) is 11.1. The van der Waals surface area contributed by atoms with Crippen molar-refractivity contribution in [3.63, 3.8) is 0 Å². The minimum atomic E-state index is 0. The average Bonchev–Trinajstić information content (AvgIpc) is 2.56. The summed E-state index contributed by atoms with van der Waals surface area (Å²) in [5.41, 5.74) is 1.81. The second-order valence-electron chi connectivity index (χ2n) is 5.10. The molecule has 0 atom stereocenters. The van der Waals surface area contributed by atoms with Crippen molar-refractivity contribution in [2.45, 2.75) is 20.1 Å². The molecule has 0 spiro atoms. The first-order valence-electron chi connectivity index (χ1n) is 7.78. The van der Waals surface area contributed by atoms with Crippen LogP contribution < -0.4 is 27.2 Å². The summed E-state index contributed by atoms with van der Waals surface area (Å²) in [4.78, 5) is 0. The van der Waals surface area contributed by atoms with Crippen LogP contribution in [0.2, 0.25) is 10.0 Å². The van der Waals surface area contributed by atoms with E-state index in [-0.39, 0.29) is 19.0 Å². The lowest BCUT2D eigenvalue weighted by Crippen LogP contribution is -3.00. The van der Waals surface area contributed by atoms with Crippen molar-refractivity contribution >= 4 is 23.2 Å². The maximum Gasteiger partial charge on any atom is 0.166 e. The Morgan fingerprint density at radius 3 is 2.56 bits per heavy atom. The lowest BCUT2D eigenvalue weighted by molar-refractivity contribution is -0.00000654. The van der Waals surface area contributed by atoms with Gasteiger partial charge in [-0.1, -0.05) is 41.4 Å². The van der Waals surface area contributed by atoms with Gasteiger partial charge in [0.1, 0.15) is 6.61 Å². The van der Waals surface area contributed by atoms with Crippen LogP contribution in [0.3, 0.4) is 0 Å². The first kappa shape index (κ1) is 21.9. The maximum atomic E-state index is 8.91. The Morgan fingerprint density at radius 1 is 1.08 bits per heavy atom. The Kier molecular flexibility index (Phi) is 10.0. The van der Waals surface area contributed by atoms with Crippen LogP contribution >= 0.6 is 23.2 Å². The highest BCUT2D eigenvalue weighted by Gasteiger charge is 2.12. The van der Waals surface area contributed by atoms with Crippen molar-refractivity contribution in [1.29, 1.82) is 0 Å².